The summed E-state index contributed by atoms with van der Waals surface area (Å²) < 4.78 is 0. The first-order valence-corrected chi connectivity index (χ1v) is 12.9. The molecule has 4 aromatic carbocycles. The van der Waals surface area contributed by atoms with Crippen molar-refractivity contribution in [2.75, 3.05) is 22.5 Å². The predicted octanol–water partition coefficient (Wildman–Crippen LogP) is 5.80. The van der Waals surface area contributed by atoms with Crippen LogP contribution in [0.1, 0.15) is 40.9 Å². The Kier molecular flexibility index (Phi) is 9.45. The molecule has 4 N–H and O–H groups in total. The van der Waals surface area contributed by atoms with Crippen molar-refractivity contribution in [1.29, 1.82) is 0 Å². The van der Waals surface area contributed by atoms with Crippen molar-refractivity contribution in [3.05, 3.63) is 126 Å². The number of rotatable bonds is 11. The molecule has 4 rings (SSSR count). The molecule has 0 aliphatic carbocycles. The van der Waals surface area contributed by atoms with E-state index in [4.69, 9.17) is 0 Å². The Balaban J connectivity index is 1.18. The Labute approximate surface area is 228 Å². The quantitative estimate of drug-likeness (QED) is 0.201. The zero-order valence-corrected chi connectivity index (χ0v) is 21.8. The number of carbonyl (C=O) groups excluding carboxylic acids is 3. The first kappa shape index (κ1) is 27.1. The lowest BCUT2D eigenvalue weighted by Crippen LogP contribution is -2.26. The molecular formula is C32H32N4O3. The summed E-state index contributed by atoms with van der Waals surface area (Å²) in [5, 5.41) is 11.8. The van der Waals surface area contributed by atoms with Gasteiger partial charge in [0, 0.05) is 29.0 Å². The van der Waals surface area contributed by atoms with Gasteiger partial charge >= 0.3 is 0 Å². The largest absolute Gasteiger partial charge is 0.376 e. The third kappa shape index (κ3) is 8.57. The van der Waals surface area contributed by atoms with Crippen molar-refractivity contribution >= 4 is 34.8 Å². The van der Waals surface area contributed by atoms with Crippen LogP contribution >= 0.6 is 0 Å². The zero-order chi connectivity index (χ0) is 27.5. The van der Waals surface area contributed by atoms with E-state index in [1.165, 1.54) is 0 Å². The van der Waals surface area contributed by atoms with Crippen LogP contribution in [-0.2, 0) is 16.0 Å². The van der Waals surface area contributed by atoms with Crippen LogP contribution in [0, 0.1) is 0 Å². The number of carbonyl (C=O) groups is 3. The summed E-state index contributed by atoms with van der Waals surface area (Å²) in [4.78, 5) is 37.2. The van der Waals surface area contributed by atoms with Crippen molar-refractivity contribution in [2.45, 2.75) is 25.8 Å². The van der Waals surface area contributed by atoms with Crippen LogP contribution in [0.4, 0.5) is 17.1 Å². The lowest BCUT2D eigenvalue weighted by atomic mass is 10.1. The number of hydrogen-bond acceptors (Lipinski definition) is 4. The lowest BCUT2D eigenvalue weighted by Gasteiger charge is -2.14. The SMILES string of the molecule is CC(NC(=O)c1ccc(NC(=O)CNc2ccc(NC(=O)CCc3ccccc3)cc2)cc1)c1ccccc1. The fourth-order valence-electron chi connectivity index (χ4n) is 3.99. The molecule has 0 bridgehead atoms. The monoisotopic (exact) mass is 520 g/mol. The number of nitrogens with one attached hydrogen (secondary N) is 4. The molecule has 0 aliphatic rings. The summed E-state index contributed by atoms with van der Waals surface area (Å²) >= 11 is 0. The average Bonchev–Trinajstić information content (AvgIpc) is 2.97. The number of aryl methyl sites for hydroxylation is 1. The van der Waals surface area contributed by atoms with Crippen LogP contribution in [0.2, 0.25) is 0 Å². The van der Waals surface area contributed by atoms with Gasteiger partial charge in [0.1, 0.15) is 0 Å². The van der Waals surface area contributed by atoms with Crippen molar-refractivity contribution < 1.29 is 14.4 Å². The molecule has 0 fully saturated rings. The summed E-state index contributed by atoms with van der Waals surface area (Å²) in [6.45, 7) is 2.01. The number of amides is 3. The fourth-order valence-corrected chi connectivity index (χ4v) is 3.99. The summed E-state index contributed by atoms with van der Waals surface area (Å²) in [6.07, 6.45) is 1.09. The normalized spacial score (nSPS) is 11.2. The Morgan fingerprint density at radius 1 is 0.641 bits per heavy atom. The van der Waals surface area contributed by atoms with Crippen molar-refractivity contribution in [2.24, 2.45) is 0 Å². The highest BCUT2D eigenvalue weighted by Crippen LogP contribution is 2.16. The first-order valence-electron chi connectivity index (χ1n) is 12.9. The smallest absolute Gasteiger partial charge is 0.251 e. The second-order valence-corrected chi connectivity index (χ2v) is 9.20. The van der Waals surface area contributed by atoms with E-state index in [2.05, 4.69) is 21.3 Å². The van der Waals surface area contributed by atoms with Gasteiger partial charge < -0.3 is 21.3 Å². The minimum Gasteiger partial charge on any atom is -0.376 e. The summed E-state index contributed by atoms with van der Waals surface area (Å²) in [5.41, 5.74) is 4.72. The molecule has 39 heavy (non-hydrogen) atoms. The molecule has 1 unspecified atom stereocenters. The molecule has 7 heteroatoms. The molecule has 0 aromatic heterocycles. The number of anilines is 3. The zero-order valence-electron chi connectivity index (χ0n) is 21.8. The minimum atomic E-state index is -0.219. The van der Waals surface area contributed by atoms with Crippen molar-refractivity contribution in [3.63, 3.8) is 0 Å². The van der Waals surface area contributed by atoms with E-state index in [9.17, 15) is 14.4 Å². The van der Waals surface area contributed by atoms with E-state index in [1.54, 1.807) is 36.4 Å². The molecule has 3 amide bonds. The van der Waals surface area contributed by atoms with E-state index in [0.29, 0.717) is 29.8 Å². The fraction of sp³-hybridized carbons (Fsp3) is 0.156. The van der Waals surface area contributed by atoms with Gasteiger partial charge in [-0.15, -0.1) is 0 Å². The maximum absolute atomic E-state index is 12.6. The predicted molar refractivity (Wildman–Crippen MR) is 156 cm³/mol. The van der Waals surface area contributed by atoms with Crippen LogP contribution in [0.15, 0.2) is 109 Å². The van der Waals surface area contributed by atoms with Gasteiger partial charge in [0.15, 0.2) is 0 Å². The Morgan fingerprint density at radius 2 is 1.18 bits per heavy atom. The van der Waals surface area contributed by atoms with E-state index in [1.807, 2.05) is 79.7 Å². The van der Waals surface area contributed by atoms with Gasteiger partial charge in [-0.25, -0.2) is 0 Å². The Morgan fingerprint density at radius 3 is 1.82 bits per heavy atom. The average molecular weight is 521 g/mol. The van der Waals surface area contributed by atoms with Gasteiger partial charge in [-0.05, 0) is 73.0 Å². The Bertz CT molecular complexity index is 1370. The lowest BCUT2D eigenvalue weighted by molar-refractivity contribution is -0.116. The van der Waals surface area contributed by atoms with Gasteiger partial charge in [-0.3, -0.25) is 14.4 Å². The summed E-state index contributed by atoms with van der Waals surface area (Å²) in [5.74, 6) is -0.446. The highest BCUT2D eigenvalue weighted by atomic mass is 16.2. The topological polar surface area (TPSA) is 99.3 Å². The van der Waals surface area contributed by atoms with Gasteiger partial charge in [0.05, 0.1) is 12.6 Å². The third-order valence-electron chi connectivity index (χ3n) is 6.18. The molecule has 0 aliphatic heterocycles. The van der Waals surface area contributed by atoms with Crippen LogP contribution in [-0.4, -0.2) is 24.3 Å². The third-order valence-corrected chi connectivity index (χ3v) is 6.18. The molecule has 198 valence electrons. The van der Waals surface area contributed by atoms with E-state index in [-0.39, 0.29) is 30.3 Å². The van der Waals surface area contributed by atoms with E-state index < -0.39 is 0 Å². The van der Waals surface area contributed by atoms with Crippen LogP contribution in [0.3, 0.4) is 0 Å². The highest BCUT2D eigenvalue weighted by molar-refractivity contribution is 5.97. The molecule has 0 saturated heterocycles. The maximum Gasteiger partial charge on any atom is 0.251 e. The van der Waals surface area contributed by atoms with Crippen LogP contribution in [0.5, 0.6) is 0 Å². The highest BCUT2D eigenvalue weighted by Gasteiger charge is 2.12. The summed E-state index contributed by atoms with van der Waals surface area (Å²) in [6, 6.07) is 33.5. The Hall–Kier alpha value is -4.91. The molecule has 4 aromatic rings. The van der Waals surface area contributed by atoms with Crippen molar-refractivity contribution in [3.8, 4) is 0 Å². The second-order valence-electron chi connectivity index (χ2n) is 9.20. The minimum absolute atomic E-state index is 0.0480. The second kappa shape index (κ2) is 13.6. The van der Waals surface area contributed by atoms with Gasteiger partial charge in [0.2, 0.25) is 11.8 Å². The van der Waals surface area contributed by atoms with Gasteiger partial charge in [0.25, 0.3) is 5.91 Å². The maximum atomic E-state index is 12.6. The van der Waals surface area contributed by atoms with Crippen LogP contribution < -0.4 is 21.3 Å². The molecule has 0 saturated carbocycles. The van der Waals surface area contributed by atoms with Gasteiger partial charge in [-0.1, -0.05) is 60.7 Å². The standard InChI is InChI=1S/C32H32N4O3/c1-23(25-10-6-3-7-11-25)34-32(39)26-13-15-28(16-14-26)36-31(38)22-33-27-17-19-29(20-18-27)35-30(37)21-12-24-8-4-2-5-9-24/h2-11,13-20,23,33H,12,21-22H2,1H3,(H,34,39)(H,35,37)(H,36,38). The van der Waals surface area contributed by atoms with Gasteiger partial charge in [-0.2, -0.15) is 0 Å². The molecule has 0 spiro atoms. The van der Waals surface area contributed by atoms with E-state index >= 15 is 0 Å². The van der Waals surface area contributed by atoms with E-state index in [0.717, 1.165) is 16.8 Å². The molecule has 1 atom stereocenters. The first-order chi connectivity index (χ1) is 19.0. The summed E-state index contributed by atoms with van der Waals surface area (Å²) in [7, 11) is 0. The number of hydrogen-bond donors (Lipinski definition) is 4. The molecule has 0 radical (unpaired) electrons. The molecular weight excluding hydrogens is 488 g/mol. The van der Waals surface area contributed by atoms with Crippen LogP contribution in [0.25, 0.3) is 0 Å². The number of benzene rings is 4. The van der Waals surface area contributed by atoms with Crippen molar-refractivity contribution in [1.82, 2.24) is 5.32 Å². The molecule has 0 heterocycles. The molecule has 7 nitrogen and oxygen atoms in total.